The SMILES string of the molecule is Cc1cc2c(c(C)c1Cl)C(=O)CC(c1ccc(Cl)cc1)O2. The van der Waals surface area contributed by atoms with E-state index in [1.807, 2.05) is 32.0 Å². The molecular formula is C17H14Cl2O2. The molecule has 2 nitrogen and oxygen atoms in total. The van der Waals surface area contributed by atoms with Gasteiger partial charge >= 0.3 is 0 Å². The minimum atomic E-state index is -0.276. The van der Waals surface area contributed by atoms with Crippen molar-refractivity contribution in [1.82, 2.24) is 0 Å². The molecule has 1 aliphatic rings. The molecule has 1 heterocycles. The molecular weight excluding hydrogens is 307 g/mol. The number of benzene rings is 2. The molecule has 0 radical (unpaired) electrons. The molecule has 21 heavy (non-hydrogen) atoms. The molecule has 1 aliphatic heterocycles. The maximum atomic E-state index is 12.5. The van der Waals surface area contributed by atoms with Crippen molar-refractivity contribution in [2.24, 2.45) is 0 Å². The molecule has 0 fully saturated rings. The van der Waals surface area contributed by atoms with Gasteiger partial charge in [-0.3, -0.25) is 4.79 Å². The second-order valence-electron chi connectivity index (χ2n) is 5.29. The predicted octanol–water partition coefficient (Wildman–Crippen LogP) is 5.32. The highest BCUT2D eigenvalue weighted by Gasteiger charge is 2.30. The number of fused-ring (bicyclic) bond motifs is 1. The number of aryl methyl sites for hydroxylation is 1. The largest absolute Gasteiger partial charge is 0.484 e. The Kier molecular flexibility index (Phi) is 3.68. The van der Waals surface area contributed by atoms with Gasteiger partial charge in [-0.25, -0.2) is 0 Å². The van der Waals surface area contributed by atoms with E-state index in [9.17, 15) is 4.79 Å². The van der Waals surface area contributed by atoms with Gasteiger partial charge < -0.3 is 4.74 Å². The lowest BCUT2D eigenvalue weighted by molar-refractivity contribution is 0.0849. The van der Waals surface area contributed by atoms with E-state index in [0.29, 0.717) is 27.8 Å². The molecule has 0 saturated heterocycles. The lowest BCUT2D eigenvalue weighted by Gasteiger charge is -2.27. The Morgan fingerprint density at radius 2 is 1.81 bits per heavy atom. The fourth-order valence-corrected chi connectivity index (χ4v) is 2.97. The summed E-state index contributed by atoms with van der Waals surface area (Å²) < 4.78 is 6.02. The molecule has 0 N–H and O–H groups in total. The number of ketones is 1. The number of hydrogen-bond donors (Lipinski definition) is 0. The van der Waals surface area contributed by atoms with E-state index in [2.05, 4.69) is 0 Å². The van der Waals surface area contributed by atoms with Crippen LogP contribution >= 0.6 is 23.2 Å². The van der Waals surface area contributed by atoms with Crippen LogP contribution in [0.2, 0.25) is 10.0 Å². The van der Waals surface area contributed by atoms with E-state index < -0.39 is 0 Å². The molecule has 3 rings (SSSR count). The molecule has 0 amide bonds. The fraction of sp³-hybridized carbons (Fsp3) is 0.235. The Morgan fingerprint density at radius 3 is 2.48 bits per heavy atom. The second kappa shape index (κ2) is 5.36. The van der Waals surface area contributed by atoms with Crippen molar-refractivity contribution in [3.63, 3.8) is 0 Å². The molecule has 0 saturated carbocycles. The smallest absolute Gasteiger partial charge is 0.170 e. The van der Waals surface area contributed by atoms with E-state index in [-0.39, 0.29) is 11.9 Å². The van der Waals surface area contributed by atoms with Crippen LogP contribution in [0.3, 0.4) is 0 Å². The van der Waals surface area contributed by atoms with Gasteiger partial charge in [-0.15, -0.1) is 0 Å². The van der Waals surface area contributed by atoms with Gasteiger partial charge in [-0.05, 0) is 48.7 Å². The van der Waals surface area contributed by atoms with Gasteiger partial charge in [0.1, 0.15) is 11.9 Å². The van der Waals surface area contributed by atoms with E-state index in [1.165, 1.54) is 0 Å². The first kappa shape index (κ1) is 14.4. The monoisotopic (exact) mass is 320 g/mol. The van der Waals surface area contributed by atoms with E-state index in [4.69, 9.17) is 27.9 Å². The normalized spacial score (nSPS) is 17.3. The summed E-state index contributed by atoms with van der Waals surface area (Å²) in [5.74, 6) is 0.682. The number of Topliss-reactive ketones (excluding diaryl/α,β-unsaturated/α-hetero) is 1. The fourth-order valence-electron chi connectivity index (χ4n) is 2.69. The molecule has 2 aromatic carbocycles. The van der Waals surface area contributed by atoms with Crippen molar-refractivity contribution in [3.05, 3.63) is 62.6 Å². The topological polar surface area (TPSA) is 26.3 Å². The van der Waals surface area contributed by atoms with Crippen molar-refractivity contribution in [3.8, 4) is 5.75 Å². The van der Waals surface area contributed by atoms with Crippen LogP contribution in [0.15, 0.2) is 30.3 Å². The van der Waals surface area contributed by atoms with Crippen molar-refractivity contribution in [1.29, 1.82) is 0 Å². The quantitative estimate of drug-likeness (QED) is 0.711. The van der Waals surface area contributed by atoms with Gasteiger partial charge in [0.25, 0.3) is 0 Å². The number of carbonyl (C=O) groups excluding carboxylic acids is 1. The lowest BCUT2D eigenvalue weighted by Crippen LogP contribution is -2.21. The summed E-state index contributed by atoms with van der Waals surface area (Å²) in [7, 11) is 0. The Balaban J connectivity index is 2.03. The van der Waals surface area contributed by atoms with Gasteiger partial charge in [0.05, 0.1) is 12.0 Å². The number of carbonyl (C=O) groups is 1. The highest BCUT2D eigenvalue weighted by atomic mass is 35.5. The molecule has 1 atom stereocenters. The maximum Gasteiger partial charge on any atom is 0.170 e. The zero-order chi connectivity index (χ0) is 15.1. The Morgan fingerprint density at radius 1 is 1.14 bits per heavy atom. The van der Waals surface area contributed by atoms with Gasteiger partial charge in [0.15, 0.2) is 5.78 Å². The second-order valence-corrected chi connectivity index (χ2v) is 6.11. The Hall–Kier alpha value is -1.51. The predicted molar refractivity (Wildman–Crippen MR) is 84.7 cm³/mol. The summed E-state index contributed by atoms with van der Waals surface area (Å²) in [5, 5.41) is 1.30. The Labute approximate surface area is 133 Å². The Bertz CT molecular complexity index is 721. The standard InChI is InChI=1S/C17H14Cl2O2/c1-9-7-15-16(10(2)17(9)19)13(20)8-14(21-15)11-3-5-12(18)6-4-11/h3-7,14H,8H2,1-2H3. The van der Waals surface area contributed by atoms with Gasteiger partial charge in [0.2, 0.25) is 0 Å². The molecule has 0 aliphatic carbocycles. The third kappa shape index (κ3) is 2.54. The van der Waals surface area contributed by atoms with Crippen LogP contribution in [0.5, 0.6) is 5.75 Å². The molecule has 2 aromatic rings. The van der Waals surface area contributed by atoms with Gasteiger partial charge in [-0.1, -0.05) is 35.3 Å². The summed E-state index contributed by atoms with van der Waals surface area (Å²) in [6, 6.07) is 9.23. The first-order valence-electron chi connectivity index (χ1n) is 6.72. The summed E-state index contributed by atoms with van der Waals surface area (Å²) in [6.45, 7) is 3.77. The molecule has 108 valence electrons. The van der Waals surface area contributed by atoms with Crippen LogP contribution < -0.4 is 4.74 Å². The lowest BCUT2D eigenvalue weighted by atomic mass is 9.92. The summed E-state index contributed by atoms with van der Waals surface area (Å²) in [4.78, 5) is 12.5. The first-order valence-corrected chi connectivity index (χ1v) is 7.48. The van der Waals surface area contributed by atoms with Crippen LogP contribution in [0.4, 0.5) is 0 Å². The van der Waals surface area contributed by atoms with Crippen molar-refractivity contribution in [2.75, 3.05) is 0 Å². The number of hydrogen-bond acceptors (Lipinski definition) is 2. The summed E-state index contributed by atoms with van der Waals surface area (Å²) in [5.41, 5.74) is 3.27. The molecule has 4 heteroatoms. The number of halogens is 2. The van der Waals surface area contributed by atoms with Crippen molar-refractivity contribution >= 4 is 29.0 Å². The average molecular weight is 321 g/mol. The van der Waals surface area contributed by atoms with Crippen LogP contribution in [0.25, 0.3) is 0 Å². The van der Waals surface area contributed by atoms with Crippen LogP contribution in [0.1, 0.15) is 39.6 Å². The first-order chi connectivity index (χ1) is 9.97. The molecule has 0 bridgehead atoms. The third-order valence-electron chi connectivity index (χ3n) is 3.81. The van der Waals surface area contributed by atoms with E-state index in [0.717, 1.165) is 16.7 Å². The number of rotatable bonds is 1. The van der Waals surface area contributed by atoms with Crippen molar-refractivity contribution < 1.29 is 9.53 Å². The van der Waals surface area contributed by atoms with Gasteiger partial charge in [-0.2, -0.15) is 0 Å². The molecule has 1 unspecified atom stereocenters. The highest BCUT2D eigenvalue weighted by Crippen LogP contribution is 2.40. The average Bonchev–Trinajstić information content (AvgIpc) is 2.45. The molecule has 0 aromatic heterocycles. The van der Waals surface area contributed by atoms with E-state index >= 15 is 0 Å². The van der Waals surface area contributed by atoms with Crippen LogP contribution in [-0.2, 0) is 0 Å². The van der Waals surface area contributed by atoms with Gasteiger partial charge in [0, 0.05) is 10.0 Å². The van der Waals surface area contributed by atoms with E-state index in [1.54, 1.807) is 12.1 Å². The minimum Gasteiger partial charge on any atom is -0.484 e. The third-order valence-corrected chi connectivity index (χ3v) is 4.64. The highest BCUT2D eigenvalue weighted by molar-refractivity contribution is 6.32. The van der Waals surface area contributed by atoms with Crippen LogP contribution in [-0.4, -0.2) is 5.78 Å². The summed E-state index contributed by atoms with van der Waals surface area (Å²) >= 11 is 12.1. The molecule has 0 spiro atoms. The minimum absolute atomic E-state index is 0.0654. The maximum absolute atomic E-state index is 12.5. The summed E-state index contributed by atoms with van der Waals surface area (Å²) in [6.07, 6.45) is 0.0386. The zero-order valence-electron chi connectivity index (χ0n) is 11.7. The van der Waals surface area contributed by atoms with Crippen molar-refractivity contribution in [2.45, 2.75) is 26.4 Å². The number of ether oxygens (including phenoxy) is 1. The zero-order valence-corrected chi connectivity index (χ0v) is 13.3. The van der Waals surface area contributed by atoms with Crippen LogP contribution in [0, 0.1) is 13.8 Å².